The molecule has 3 nitrogen and oxygen atoms in total. The Morgan fingerprint density at radius 3 is 2.50 bits per heavy atom. The molecule has 132 valence electrons. The number of para-hydroxylation sites is 1. The quantitative estimate of drug-likeness (QED) is 0.509. The van der Waals surface area contributed by atoms with Gasteiger partial charge in [0.2, 0.25) is 0 Å². The number of anilines is 1. The molecular formula is C21H19BrN2OS. The molecule has 0 heterocycles. The van der Waals surface area contributed by atoms with Gasteiger partial charge in [0.1, 0.15) is 0 Å². The number of carbonyl (C=O) groups is 1. The molecule has 5 heteroatoms. The number of amides is 2. The normalized spacial score (nSPS) is 10.3. The first kappa shape index (κ1) is 18.5. The van der Waals surface area contributed by atoms with E-state index >= 15 is 0 Å². The highest BCUT2D eigenvalue weighted by molar-refractivity contribution is 9.10. The van der Waals surface area contributed by atoms with Crippen LogP contribution in [-0.4, -0.2) is 12.6 Å². The third kappa shape index (κ3) is 5.64. The SMILES string of the molecule is O=C(NCCc1cccc(Br)c1)Nc1ccccc1Sc1ccccc1. The van der Waals surface area contributed by atoms with Crippen molar-refractivity contribution in [3.63, 3.8) is 0 Å². The van der Waals surface area contributed by atoms with Gasteiger partial charge in [-0.05, 0) is 48.4 Å². The summed E-state index contributed by atoms with van der Waals surface area (Å²) in [5.41, 5.74) is 1.99. The third-order valence-electron chi connectivity index (χ3n) is 3.69. The van der Waals surface area contributed by atoms with E-state index in [4.69, 9.17) is 0 Å². The highest BCUT2D eigenvalue weighted by atomic mass is 79.9. The summed E-state index contributed by atoms with van der Waals surface area (Å²) < 4.78 is 1.05. The minimum atomic E-state index is -0.193. The molecule has 2 amide bonds. The van der Waals surface area contributed by atoms with Gasteiger partial charge in [0.05, 0.1) is 5.69 Å². The van der Waals surface area contributed by atoms with Gasteiger partial charge in [0, 0.05) is 20.8 Å². The summed E-state index contributed by atoms with van der Waals surface area (Å²) in [5.74, 6) is 0. The maximum atomic E-state index is 12.2. The molecule has 0 aliphatic heterocycles. The summed E-state index contributed by atoms with van der Waals surface area (Å²) in [4.78, 5) is 14.4. The van der Waals surface area contributed by atoms with Gasteiger partial charge in [-0.1, -0.05) is 70.2 Å². The van der Waals surface area contributed by atoms with E-state index in [1.807, 2.05) is 54.6 Å². The number of rotatable bonds is 6. The fourth-order valence-electron chi connectivity index (χ4n) is 2.45. The van der Waals surface area contributed by atoms with Crippen molar-refractivity contribution in [1.82, 2.24) is 5.32 Å². The van der Waals surface area contributed by atoms with Gasteiger partial charge in [-0.2, -0.15) is 0 Å². The van der Waals surface area contributed by atoms with Crippen molar-refractivity contribution in [3.05, 3.63) is 88.9 Å². The zero-order chi connectivity index (χ0) is 18.2. The van der Waals surface area contributed by atoms with Crippen molar-refractivity contribution in [2.24, 2.45) is 0 Å². The first-order chi connectivity index (χ1) is 12.7. The molecule has 0 bridgehead atoms. The molecule has 2 N–H and O–H groups in total. The first-order valence-electron chi connectivity index (χ1n) is 8.32. The van der Waals surface area contributed by atoms with Crippen molar-refractivity contribution in [2.75, 3.05) is 11.9 Å². The van der Waals surface area contributed by atoms with E-state index in [0.717, 1.165) is 26.4 Å². The standard InChI is InChI=1S/C21H19BrN2OS/c22-17-8-6-7-16(15-17)13-14-23-21(25)24-19-11-4-5-12-20(19)26-18-9-2-1-3-10-18/h1-12,15H,13-14H2,(H2,23,24,25). The van der Waals surface area contributed by atoms with Crippen LogP contribution in [-0.2, 0) is 6.42 Å². The monoisotopic (exact) mass is 426 g/mol. The van der Waals surface area contributed by atoms with Gasteiger partial charge in [0.25, 0.3) is 0 Å². The Labute approximate surface area is 166 Å². The van der Waals surface area contributed by atoms with E-state index < -0.39 is 0 Å². The van der Waals surface area contributed by atoms with Crippen LogP contribution >= 0.6 is 27.7 Å². The lowest BCUT2D eigenvalue weighted by Crippen LogP contribution is -2.30. The largest absolute Gasteiger partial charge is 0.338 e. The predicted molar refractivity (Wildman–Crippen MR) is 112 cm³/mol. The number of hydrogen-bond acceptors (Lipinski definition) is 2. The van der Waals surface area contributed by atoms with Crippen molar-refractivity contribution < 1.29 is 4.79 Å². The summed E-state index contributed by atoms with van der Waals surface area (Å²) in [6.07, 6.45) is 0.785. The van der Waals surface area contributed by atoms with E-state index in [0.29, 0.717) is 6.54 Å². The smallest absolute Gasteiger partial charge is 0.319 e. The second-order valence-corrected chi connectivity index (χ2v) is 7.70. The lowest BCUT2D eigenvalue weighted by molar-refractivity contribution is 0.252. The van der Waals surface area contributed by atoms with Crippen LogP contribution in [0.25, 0.3) is 0 Å². The van der Waals surface area contributed by atoms with Crippen molar-refractivity contribution >= 4 is 39.4 Å². The van der Waals surface area contributed by atoms with Crippen LogP contribution in [0.3, 0.4) is 0 Å². The Kier molecular flexibility index (Phi) is 6.75. The maximum absolute atomic E-state index is 12.2. The molecule has 0 fully saturated rings. The zero-order valence-electron chi connectivity index (χ0n) is 14.1. The third-order valence-corrected chi connectivity index (χ3v) is 5.27. The van der Waals surface area contributed by atoms with Gasteiger partial charge < -0.3 is 10.6 Å². The Bertz CT molecular complexity index is 871. The minimum Gasteiger partial charge on any atom is -0.338 e. The lowest BCUT2D eigenvalue weighted by atomic mass is 10.1. The average molecular weight is 427 g/mol. The van der Waals surface area contributed by atoms with E-state index in [1.54, 1.807) is 11.8 Å². The van der Waals surface area contributed by atoms with Gasteiger partial charge in [-0.3, -0.25) is 0 Å². The lowest BCUT2D eigenvalue weighted by Gasteiger charge is -2.12. The number of carbonyl (C=O) groups excluding carboxylic acids is 1. The number of hydrogen-bond donors (Lipinski definition) is 2. The van der Waals surface area contributed by atoms with Gasteiger partial charge in [0.15, 0.2) is 0 Å². The topological polar surface area (TPSA) is 41.1 Å². The number of nitrogens with one attached hydrogen (secondary N) is 2. The molecule has 3 rings (SSSR count). The van der Waals surface area contributed by atoms with Gasteiger partial charge in [-0.25, -0.2) is 4.79 Å². The van der Waals surface area contributed by atoms with Crippen molar-refractivity contribution in [3.8, 4) is 0 Å². The molecular weight excluding hydrogens is 408 g/mol. The van der Waals surface area contributed by atoms with E-state index in [2.05, 4.69) is 50.8 Å². The molecule has 0 aromatic heterocycles. The fraction of sp³-hybridized carbons (Fsp3) is 0.0952. The molecule has 0 atom stereocenters. The van der Waals surface area contributed by atoms with Gasteiger partial charge in [-0.15, -0.1) is 0 Å². The van der Waals surface area contributed by atoms with Crippen LogP contribution in [0.1, 0.15) is 5.56 Å². The molecule has 0 radical (unpaired) electrons. The molecule has 3 aromatic rings. The van der Waals surface area contributed by atoms with E-state index in [1.165, 1.54) is 5.56 Å². The van der Waals surface area contributed by atoms with Crippen LogP contribution in [0.15, 0.2) is 93.1 Å². The molecule has 3 aromatic carbocycles. The molecule has 0 saturated carbocycles. The second kappa shape index (κ2) is 9.46. The van der Waals surface area contributed by atoms with E-state index in [9.17, 15) is 4.79 Å². The molecule has 0 aliphatic rings. The molecule has 0 spiro atoms. The first-order valence-corrected chi connectivity index (χ1v) is 9.93. The molecule has 0 unspecified atom stereocenters. The minimum absolute atomic E-state index is 0.193. The Morgan fingerprint density at radius 1 is 0.923 bits per heavy atom. The number of halogens is 1. The Hall–Kier alpha value is -2.24. The average Bonchev–Trinajstić information content (AvgIpc) is 2.64. The van der Waals surface area contributed by atoms with Crippen LogP contribution < -0.4 is 10.6 Å². The van der Waals surface area contributed by atoms with Gasteiger partial charge >= 0.3 is 6.03 Å². The maximum Gasteiger partial charge on any atom is 0.319 e. The molecule has 0 saturated heterocycles. The highest BCUT2D eigenvalue weighted by Crippen LogP contribution is 2.33. The molecule has 0 aliphatic carbocycles. The van der Waals surface area contributed by atoms with Crippen LogP contribution in [0, 0.1) is 0 Å². The summed E-state index contributed by atoms with van der Waals surface area (Å²) in [6.45, 7) is 0.580. The predicted octanol–water partition coefficient (Wildman–Crippen LogP) is 5.96. The molecule has 26 heavy (non-hydrogen) atoms. The summed E-state index contributed by atoms with van der Waals surface area (Å²) in [5, 5.41) is 5.86. The van der Waals surface area contributed by atoms with E-state index in [-0.39, 0.29) is 6.03 Å². The summed E-state index contributed by atoms with van der Waals surface area (Å²) in [6, 6.07) is 25.8. The number of benzene rings is 3. The van der Waals surface area contributed by atoms with Crippen LogP contribution in [0.5, 0.6) is 0 Å². The van der Waals surface area contributed by atoms with Crippen molar-refractivity contribution in [2.45, 2.75) is 16.2 Å². The highest BCUT2D eigenvalue weighted by Gasteiger charge is 2.07. The summed E-state index contributed by atoms with van der Waals surface area (Å²) >= 11 is 5.09. The summed E-state index contributed by atoms with van der Waals surface area (Å²) in [7, 11) is 0. The van der Waals surface area contributed by atoms with Crippen LogP contribution in [0.4, 0.5) is 10.5 Å². The second-order valence-electron chi connectivity index (χ2n) is 5.67. The number of urea groups is 1. The van der Waals surface area contributed by atoms with Crippen LogP contribution in [0.2, 0.25) is 0 Å². The fourth-order valence-corrected chi connectivity index (χ4v) is 3.82. The Balaban J connectivity index is 1.56. The Morgan fingerprint density at radius 2 is 1.69 bits per heavy atom. The zero-order valence-corrected chi connectivity index (χ0v) is 16.5. The van der Waals surface area contributed by atoms with Crippen molar-refractivity contribution in [1.29, 1.82) is 0 Å².